The van der Waals surface area contributed by atoms with Crippen molar-refractivity contribution in [2.45, 2.75) is 19.3 Å². The second-order valence-corrected chi connectivity index (χ2v) is 6.54. The van der Waals surface area contributed by atoms with E-state index in [0.717, 1.165) is 10.9 Å². The van der Waals surface area contributed by atoms with Crippen LogP contribution in [0.15, 0.2) is 54.6 Å². The molecule has 8 heteroatoms. The van der Waals surface area contributed by atoms with Gasteiger partial charge in [0.25, 0.3) is 5.91 Å². The van der Waals surface area contributed by atoms with Crippen molar-refractivity contribution < 1.29 is 22.7 Å². The van der Waals surface area contributed by atoms with E-state index in [-0.39, 0.29) is 12.5 Å². The van der Waals surface area contributed by atoms with Crippen molar-refractivity contribution in [2.24, 2.45) is 0 Å². The number of fused-ring (bicyclic) bond motifs is 1. The summed E-state index contributed by atoms with van der Waals surface area (Å²) in [6.07, 6.45) is -4.34. The van der Waals surface area contributed by atoms with E-state index in [1.54, 1.807) is 54.6 Å². The number of pyridine rings is 1. The van der Waals surface area contributed by atoms with E-state index in [1.165, 1.54) is 0 Å². The Kier molecular flexibility index (Phi) is 6.16. The number of rotatable bonds is 6. The molecule has 0 fully saturated rings. The highest BCUT2D eigenvalue weighted by atomic mass is 35.5. The van der Waals surface area contributed by atoms with E-state index < -0.39 is 12.8 Å². The topological polar surface area (TPSA) is 51.2 Å². The third kappa shape index (κ3) is 5.68. The molecule has 1 heterocycles. The van der Waals surface area contributed by atoms with E-state index in [4.69, 9.17) is 11.6 Å². The molecule has 3 rings (SSSR count). The van der Waals surface area contributed by atoms with Crippen LogP contribution in [-0.2, 0) is 17.9 Å². The molecule has 0 atom stereocenters. The summed E-state index contributed by atoms with van der Waals surface area (Å²) in [6, 6.07) is 15.4. The Balaban J connectivity index is 1.55. The van der Waals surface area contributed by atoms with Gasteiger partial charge in [-0.05, 0) is 41.5 Å². The Labute approximate surface area is 164 Å². The molecule has 0 aliphatic rings. The van der Waals surface area contributed by atoms with E-state index in [0.29, 0.717) is 28.3 Å². The highest BCUT2D eigenvalue weighted by molar-refractivity contribution is 6.29. The summed E-state index contributed by atoms with van der Waals surface area (Å²) in [5.74, 6) is -0.241. The van der Waals surface area contributed by atoms with Crippen LogP contribution in [-0.4, -0.2) is 23.7 Å². The minimum Gasteiger partial charge on any atom is -0.367 e. The van der Waals surface area contributed by atoms with E-state index in [2.05, 4.69) is 15.0 Å². The maximum Gasteiger partial charge on any atom is 0.411 e. The fourth-order valence-corrected chi connectivity index (χ4v) is 2.72. The molecule has 1 aromatic heterocycles. The number of nitrogens with one attached hydrogen (secondary N) is 1. The first-order chi connectivity index (χ1) is 13.3. The fourth-order valence-electron chi connectivity index (χ4n) is 2.56. The summed E-state index contributed by atoms with van der Waals surface area (Å²) < 4.78 is 40.8. The lowest BCUT2D eigenvalue weighted by Gasteiger charge is -2.09. The number of ether oxygens (including phenoxy) is 1. The van der Waals surface area contributed by atoms with E-state index in [9.17, 15) is 18.0 Å². The van der Waals surface area contributed by atoms with Crippen molar-refractivity contribution in [1.29, 1.82) is 0 Å². The third-order valence-electron chi connectivity index (χ3n) is 3.93. The van der Waals surface area contributed by atoms with Crippen LogP contribution < -0.4 is 5.32 Å². The Morgan fingerprint density at radius 3 is 2.46 bits per heavy atom. The number of benzene rings is 2. The van der Waals surface area contributed by atoms with E-state index in [1.807, 2.05) is 0 Å². The maximum absolute atomic E-state index is 12.3. The first-order valence-corrected chi connectivity index (χ1v) is 8.75. The molecule has 146 valence electrons. The molecule has 1 amide bonds. The summed E-state index contributed by atoms with van der Waals surface area (Å²) in [4.78, 5) is 16.5. The van der Waals surface area contributed by atoms with Gasteiger partial charge in [0, 0.05) is 17.5 Å². The lowest BCUT2D eigenvalue weighted by Crippen LogP contribution is -2.22. The van der Waals surface area contributed by atoms with Crippen molar-refractivity contribution in [3.05, 3.63) is 76.4 Å². The zero-order chi connectivity index (χ0) is 20.1. The molecule has 2 aromatic carbocycles. The standard InChI is InChI=1S/C20H16ClF3N2O2/c21-18-8-6-15-9-16(5-7-17(15)26-18)19(27)25-10-13-1-3-14(4-2-13)11-28-12-20(22,23)24/h1-9H,10-12H2,(H,25,27). The molecular weight excluding hydrogens is 393 g/mol. The van der Waals surface area contributed by atoms with Crippen LogP contribution in [0.25, 0.3) is 10.9 Å². The van der Waals surface area contributed by atoms with Gasteiger partial charge in [-0.2, -0.15) is 13.2 Å². The van der Waals surface area contributed by atoms with Crippen LogP contribution in [0.4, 0.5) is 13.2 Å². The molecule has 0 saturated heterocycles. The molecular formula is C20H16ClF3N2O2. The van der Waals surface area contributed by atoms with Gasteiger partial charge in [-0.15, -0.1) is 0 Å². The van der Waals surface area contributed by atoms with Gasteiger partial charge in [0.05, 0.1) is 12.1 Å². The molecule has 0 saturated carbocycles. The van der Waals surface area contributed by atoms with Crippen molar-refractivity contribution >= 4 is 28.4 Å². The van der Waals surface area contributed by atoms with E-state index >= 15 is 0 Å². The Morgan fingerprint density at radius 2 is 1.75 bits per heavy atom. The molecule has 1 N–H and O–H groups in total. The van der Waals surface area contributed by atoms with Gasteiger partial charge in [0.2, 0.25) is 0 Å². The van der Waals surface area contributed by atoms with Gasteiger partial charge in [-0.1, -0.05) is 35.9 Å². The largest absolute Gasteiger partial charge is 0.411 e. The van der Waals surface area contributed by atoms with Gasteiger partial charge in [-0.25, -0.2) is 4.98 Å². The summed E-state index contributed by atoms with van der Waals surface area (Å²) in [5, 5.41) is 4.00. The molecule has 4 nitrogen and oxygen atoms in total. The van der Waals surface area contributed by atoms with Crippen LogP contribution >= 0.6 is 11.6 Å². The number of alkyl halides is 3. The third-order valence-corrected chi connectivity index (χ3v) is 4.14. The second kappa shape index (κ2) is 8.58. The minimum atomic E-state index is -4.34. The molecule has 0 radical (unpaired) electrons. The fraction of sp³-hybridized carbons (Fsp3) is 0.200. The number of halogens is 4. The lowest BCUT2D eigenvalue weighted by atomic mass is 10.1. The average Bonchev–Trinajstić information content (AvgIpc) is 2.65. The highest BCUT2D eigenvalue weighted by Crippen LogP contribution is 2.18. The number of carbonyl (C=O) groups excluding carboxylic acids is 1. The van der Waals surface area contributed by atoms with Crippen LogP contribution in [0.3, 0.4) is 0 Å². The smallest absolute Gasteiger partial charge is 0.367 e. The number of carbonyl (C=O) groups is 1. The molecule has 0 aliphatic carbocycles. The predicted molar refractivity (Wildman–Crippen MR) is 100 cm³/mol. The Morgan fingerprint density at radius 1 is 1.04 bits per heavy atom. The van der Waals surface area contributed by atoms with Crippen molar-refractivity contribution in [3.63, 3.8) is 0 Å². The second-order valence-electron chi connectivity index (χ2n) is 6.15. The normalized spacial score (nSPS) is 11.6. The SMILES string of the molecule is O=C(NCc1ccc(COCC(F)(F)F)cc1)c1ccc2nc(Cl)ccc2c1. The molecule has 28 heavy (non-hydrogen) atoms. The van der Waals surface area contributed by atoms with Crippen molar-refractivity contribution in [3.8, 4) is 0 Å². The summed E-state index contributed by atoms with van der Waals surface area (Å²) in [6.45, 7) is -1.11. The minimum absolute atomic E-state index is 0.124. The van der Waals surface area contributed by atoms with Gasteiger partial charge in [0.1, 0.15) is 11.8 Å². The number of nitrogens with zero attached hydrogens (tertiary/aromatic N) is 1. The Hall–Kier alpha value is -2.64. The first kappa shape index (κ1) is 20.1. The van der Waals surface area contributed by atoms with Gasteiger partial charge < -0.3 is 10.1 Å². The number of amides is 1. The molecule has 0 spiro atoms. The Bertz CT molecular complexity index is 975. The lowest BCUT2D eigenvalue weighted by molar-refractivity contribution is -0.176. The maximum atomic E-state index is 12.3. The number of hydrogen-bond acceptors (Lipinski definition) is 3. The summed E-state index contributed by atoms with van der Waals surface area (Å²) >= 11 is 5.85. The van der Waals surface area contributed by atoms with Crippen LogP contribution in [0, 0.1) is 0 Å². The summed E-state index contributed by atoms with van der Waals surface area (Å²) in [5.41, 5.74) is 2.64. The van der Waals surface area contributed by atoms with Gasteiger partial charge >= 0.3 is 6.18 Å². The first-order valence-electron chi connectivity index (χ1n) is 8.37. The predicted octanol–water partition coefficient (Wildman–Crippen LogP) is 4.90. The zero-order valence-corrected chi connectivity index (χ0v) is 15.3. The monoisotopic (exact) mass is 408 g/mol. The number of aromatic nitrogens is 1. The molecule has 0 bridgehead atoms. The van der Waals surface area contributed by atoms with Crippen molar-refractivity contribution in [2.75, 3.05) is 6.61 Å². The van der Waals surface area contributed by atoms with Crippen LogP contribution in [0.2, 0.25) is 5.15 Å². The molecule has 0 aliphatic heterocycles. The van der Waals surface area contributed by atoms with Gasteiger partial charge in [0.15, 0.2) is 0 Å². The average molecular weight is 409 g/mol. The molecule has 0 unspecified atom stereocenters. The van der Waals surface area contributed by atoms with Crippen LogP contribution in [0.1, 0.15) is 21.5 Å². The van der Waals surface area contributed by atoms with Crippen LogP contribution in [0.5, 0.6) is 0 Å². The highest BCUT2D eigenvalue weighted by Gasteiger charge is 2.27. The number of hydrogen-bond donors (Lipinski definition) is 1. The quantitative estimate of drug-likeness (QED) is 0.590. The zero-order valence-electron chi connectivity index (χ0n) is 14.6. The molecule has 3 aromatic rings. The summed E-state index contributed by atoms with van der Waals surface area (Å²) in [7, 11) is 0. The van der Waals surface area contributed by atoms with Gasteiger partial charge in [-0.3, -0.25) is 4.79 Å². The van der Waals surface area contributed by atoms with Crippen molar-refractivity contribution in [1.82, 2.24) is 10.3 Å².